The standard InChI is InChI=1S/C41H40F5N7O3/c1-3-28-31(43)7-4-23-10-27(54)11-29(32(23)28)33-35(44)37-34(30-16-50(2)49-36(30)33)38(52-14-25-5-6-26(15-52)53(25)12-22-17-55-18-22)48-39(47-37)56-21-40(19-41(40,45)46)20-51-9-8-24(42)13-51/h1,4,7,10-11,16,22,24-26,54H,5-6,8-9,12-15,17-21H2,2H3/t24-,25?,26?,40+/m0/s1. The summed E-state index contributed by atoms with van der Waals surface area (Å²) in [5, 5.41) is 17.0. The summed E-state index contributed by atoms with van der Waals surface area (Å²) in [7, 11) is 1.70. The summed E-state index contributed by atoms with van der Waals surface area (Å²) in [6.07, 6.45) is 8.29. The SMILES string of the molecule is C#Cc1c(F)ccc2cc(O)cc(-c3c(F)c4nc(OC[C@]5(CN6CC[C@H](F)C6)CC5(F)F)nc(N5CC6CCC(C5)N6CC5COC5)c4c4cn(C)nc34)c12. The van der Waals surface area contributed by atoms with E-state index in [1.165, 1.54) is 28.9 Å². The van der Waals surface area contributed by atoms with Crippen molar-refractivity contribution in [2.45, 2.75) is 49.9 Å². The van der Waals surface area contributed by atoms with E-state index in [0.29, 0.717) is 47.5 Å². The van der Waals surface area contributed by atoms with Gasteiger partial charge in [0.15, 0.2) is 5.82 Å². The molecule has 3 aromatic carbocycles. The molecule has 4 saturated heterocycles. The number of aromatic nitrogens is 4. The average molecular weight is 774 g/mol. The molecule has 56 heavy (non-hydrogen) atoms. The second-order valence-corrected chi connectivity index (χ2v) is 16.4. The lowest BCUT2D eigenvalue weighted by atomic mass is 9.91. The van der Waals surface area contributed by atoms with Crippen molar-refractivity contribution in [3.8, 4) is 35.2 Å². The summed E-state index contributed by atoms with van der Waals surface area (Å²) in [5.74, 6) is -1.51. The van der Waals surface area contributed by atoms with E-state index in [-0.39, 0.29) is 76.5 Å². The number of likely N-dealkylation sites (tertiary alicyclic amines) is 1. The number of fused-ring (bicyclic) bond motifs is 6. The number of alkyl halides is 3. The van der Waals surface area contributed by atoms with Gasteiger partial charge in [-0.25, -0.2) is 22.0 Å². The predicted molar refractivity (Wildman–Crippen MR) is 200 cm³/mol. The molecular formula is C41H40F5N7O3. The fourth-order valence-corrected chi connectivity index (χ4v) is 9.68. The number of ether oxygens (including phenoxy) is 2. The van der Waals surface area contributed by atoms with Crippen LogP contribution in [0.2, 0.25) is 0 Å². The molecule has 4 aliphatic heterocycles. The maximum Gasteiger partial charge on any atom is 0.319 e. The van der Waals surface area contributed by atoms with Crippen LogP contribution in [-0.2, 0) is 11.8 Å². The number of aromatic hydroxyl groups is 1. The molecule has 2 aromatic heterocycles. The number of nitrogens with zero attached hydrogens (tertiary/aromatic N) is 7. The highest BCUT2D eigenvalue weighted by Gasteiger charge is 2.72. The maximum absolute atomic E-state index is 17.7. The van der Waals surface area contributed by atoms with Gasteiger partial charge in [0.05, 0.1) is 29.6 Å². The number of rotatable bonds is 9. The van der Waals surface area contributed by atoms with Crippen molar-refractivity contribution in [1.82, 2.24) is 29.5 Å². The van der Waals surface area contributed by atoms with E-state index in [0.717, 1.165) is 32.6 Å². The number of piperazine rings is 1. The molecule has 2 unspecified atom stereocenters. The van der Waals surface area contributed by atoms with Crippen molar-refractivity contribution < 1.29 is 36.5 Å². The number of benzene rings is 3. The highest BCUT2D eigenvalue weighted by molar-refractivity contribution is 6.18. The van der Waals surface area contributed by atoms with Crippen LogP contribution in [0.1, 0.15) is 31.2 Å². The van der Waals surface area contributed by atoms with E-state index in [1.807, 2.05) is 0 Å². The number of hydrogen-bond donors (Lipinski definition) is 1. The van der Waals surface area contributed by atoms with Crippen molar-refractivity contribution in [1.29, 1.82) is 0 Å². The topological polar surface area (TPSA) is 92.0 Å². The molecule has 1 N–H and O–H groups in total. The van der Waals surface area contributed by atoms with Crippen LogP contribution >= 0.6 is 0 Å². The number of hydrogen-bond acceptors (Lipinski definition) is 9. The van der Waals surface area contributed by atoms with Crippen LogP contribution in [0.4, 0.5) is 27.8 Å². The van der Waals surface area contributed by atoms with Gasteiger partial charge in [-0.1, -0.05) is 12.0 Å². The van der Waals surface area contributed by atoms with Crippen LogP contribution in [-0.4, -0.2) is 118 Å². The molecule has 0 radical (unpaired) electrons. The van der Waals surface area contributed by atoms with Gasteiger partial charge in [-0.15, -0.1) is 6.42 Å². The Morgan fingerprint density at radius 1 is 1.04 bits per heavy atom. The molecule has 15 heteroatoms. The van der Waals surface area contributed by atoms with Gasteiger partial charge in [0.25, 0.3) is 5.92 Å². The molecule has 1 saturated carbocycles. The van der Waals surface area contributed by atoms with E-state index in [4.69, 9.17) is 20.9 Å². The third-order valence-electron chi connectivity index (χ3n) is 12.6. The number of phenolic OH excluding ortho intramolecular Hbond substituents is 1. The molecule has 0 amide bonds. The minimum Gasteiger partial charge on any atom is -0.508 e. The van der Waals surface area contributed by atoms with Gasteiger partial charge < -0.3 is 19.5 Å². The van der Waals surface area contributed by atoms with Gasteiger partial charge in [-0.2, -0.15) is 15.1 Å². The second kappa shape index (κ2) is 12.9. The normalized spacial score (nSPS) is 26.4. The molecule has 6 heterocycles. The number of anilines is 1. The van der Waals surface area contributed by atoms with E-state index >= 15 is 17.6 Å². The molecule has 1 aliphatic carbocycles. The maximum atomic E-state index is 17.7. The van der Waals surface area contributed by atoms with Crippen LogP contribution in [0.15, 0.2) is 30.5 Å². The van der Waals surface area contributed by atoms with Gasteiger partial charge in [0.2, 0.25) is 0 Å². The highest BCUT2D eigenvalue weighted by atomic mass is 19.3. The van der Waals surface area contributed by atoms with Gasteiger partial charge >= 0.3 is 6.01 Å². The van der Waals surface area contributed by atoms with E-state index in [1.54, 1.807) is 18.1 Å². The lowest BCUT2D eigenvalue weighted by Gasteiger charge is -2.44. The number of phenols is 1. The molecule has 10 rings (SSSR count). The summed E-state index contributed by atoms with van der Waals surface area (Å²) in [4.78, 5) is 15.8. The monoisotopic (exact) mass is 773 g/mol. The van der Waals surface area contributed by atoms with Crippen LogP contribution in [0, 0.1) is 35.3 Å². The first-order chi connectivity index (χ1) is 26.9. The third kappa shape index (κ3) is 5.66. The average Bonchev–Trinajstić information content (AvgIpc) is 3.47. The van der Waals surface area contributed by atoms with Crippen LogP contribution < -0.4 is 9.64 Å². The minimum absolute atomic E-state index is 0.0499. The van der Waals surface area contributed by atoms with Crippen molar-refractivity contribution in [2.75, 3.05) is 64.0 Å². The molecule has 5 aromatic rings. The van der Waals surface area contributed by atoms with Crippen LogP contribution in [0.5, 0.6) is 11.8 Å². The first kappa shape index (κ1) is 35.6. The summed E-state index contributed by atoms with van der Waals surface area (Å²) in [5.41, 5.74) is -1.57. The molecule has 2 bridgehead atoms. The van der Waals surface area contributed by atoms with Crippen LogP contribution in [0.3, 0.4) is 0 Å². The molecule has 5 aliphatic rings. The van der Waals surface area contributed by atoms with Gasteiger partial charge in [-0.05, 0) is 48.4 Å². The van der Waals surface area contributed by atoms with Crippen molar-refractivity contribution in [2.24, 2.45) is 18.4 Å². The van der Waals surface area contributed by atoms with Crippen molar-refractivity contribution in [3.05, 3.63) is 47.7 Å². The number of halogens is 5. The first-order valence-corrected chi connectivity index (χ1v) is 19.2. The fourth-order valence-electron chi connectivity index (χ4n) is 9.68. The van der Waals surface area contributed by atoms with E-state index in [2.05, 4.69) is 25.8 Å². The Bertz CT molecular complexity index is 2450. The lowest BCUT2D eigenvalue weighted by Crippen LogP contribution is -2.56. The highest BCUT2D eigenvalue weighted by Crippen LogP contribution is 2.61. The number of aryl methyl sites for hydroxylation is 1. The Labute approximate surface area is 319 Å². The minimum atomic E-state index is -3.04. The van der Waals surface area contributed by atoms with E-state index < -0.39 is 42.2 Å². The molecule has 292 valence electrons. The zero-order valence-electron chi connectivity index (χ0n) is 30.7. The predicted octanol–water partition coefficient (Wildman–Crippen LogP) is 6.05. The fraction of sp³-hybridized carbons (Fsp3) is 0.488. The van der Waals surface area contributed by atoms with Crippen molar-refractivity contribution >= 4 is 38.4 Å². The molecule has 4 atom stereocenters. The summed E-state index contributed by atoms with van der Waals surface area (Å²) >= 11 is 0. The lowest BCUT2D eigenvalue weighted by molar-refractivity contribution is -0.0538. The second-order valence-electron chi connectivity index (χ2n) is 16.4. The third-order valence-corrected chi connectivity index (χ3v) is 12.6. The Hall–Kier alpha value is -4.78. The Morgan fingerprint density at radius 2 is 1.80 bits per heavy atom. The summed E-state index contributed by atoms with van der Waals surface area (Å²) < 4.78 is 90.3. The van der Waals surface area contributed by atoms with E-state index in [9.17, 15) is 9.50 Å². The molecule has 10 nitrogen and oxygen atoms in total. The summed E-state index contributed by atoms with van der Waals surface area (Å²) in [6, 6.07) is 5.54. The van der Waals surface area contributed by atoms with Crippen molar-refractivity contribution in [3.63, 3.8) is 0 Å². The molecule has 0 spiro atoms. The largest absolute Gasteiger partial charge is 0.508 e. The quantitative estimate of drug-likeness (QED) is 0.142. The Kier molecular flexibility index (Phi) is 8.19. The van der Waals surface area contributed by atoms with Crippen LogP contribution in [0.25, 0.3) is 43.7 Å². The zero-order chi connectivity index (χ0) is 38.7. The van der Waals surface area contributed by atoms with Gasteiger partial charge in [0.1, 0.15) is 41.2 Å². The summed E-state index contributed by atoms with van der Waals surface area (Å²) in [6.45, 7) is 3.55. The number of terminal acetylenes is 1. The first-order valence-electron chi connectivity index (χ1n) is 19.2. The smallest absolute Gasteiger partial charge is 0.319 e. The molecule has 5 fully saturated rings. The molecular weight excluding hydrogens is 733 g/mol. The van der Waals surface area contributed by atoms with Gasteiger partial charge in [-0.3, -0.25) is 14.5 Å². The van der Waals surface area contributed by atoms with Gasteiger partial charge in [0, 0.05) is 93.3 Å². The Balaban J connectivity index is 1.14. The Morgan fingerprint density at radius 3 is 2.46 bits per heavy atom. The zero-order valence-corrected chi connectivity index (χ0v) is 30.7.